The highest BCUT2D eigenvalue weighted by atomic mass is 16.6. The Hall–Kier alpha value is -1.41. The van der Waals surface area contributed by atoms with Crippen LogP contribution < -0.4 is 9.47 Å². The lowest BCUT2D eigenvalue weighted by Gasteiger charge is -2.21. The fourth-order valence-electron chi connectivity index (χ4n) is 1.33. The van der Waals surface area contributed by atoms with Gasteiger partial charge in [0.05, 0.1) is 19.9 Å². The number of pyridine rings is 1. The lowest BCUT2D eigenvalue weighted by atomic mass is 10.3. The van der Waals surface area contributed by atoms with Gasteiger partial charge in [-0.3, -0.25) is 4.98 Å². The van der Waals surface area contributed by atoms with Crippen molar-refractivity contribution in [1.82, 2.24) is 10.0 Å². The Morgan fingerprint density at radius 1 is 1.44 bits per heavy atom. The van der Waals surface area contributed by atoms with Crippen LogP contribution >= 0.6 is 0 Å². The van der Waals surface area contributed by atoms with E-state index < -0.39 is 6.23 Å². The summed E-state index contributed by atoms with van der Waals surface area (Å²) in [5, 5.41) is 19.2. The largest absolute Gasteiger partial charge is 0.495 e. The topological polar surface area (TPSA) is 84.3 Å². The van der Waals surface area contributed by atoms with Crippen LogP contribution in [0.5, 0.6) is 11.5 Å². The third kappa shape index (κ3) is 3.81. The van der Waals surface area contributed by atoms with Crippen LogP contribution in [0.4, 0.5) is 0 Å². The van der Waals surface area contributed by atoms with Gasteiger partial charge in [0.25, 0.3) is 0 Å². The van der Waals surface area contributed by atoms with Gasteiger partial charge in [-0.05, 0) is 0 Å². The Morgan fingerprint density at radius 2 is 2.17 bits per heavy atom. The van der Waals surface area contributed by atoms with Crippen LogP contribution in [0.15, 0.2) is 12.3 Å². The van der Waals surface area contributed by atoms with Crippen LogP contribution in [-0.4, -0.2) is 54.5 Å². The number of aliphatic hydroxyl groups excluding tert-OH is 1. The summed E-state index contributed by atoms with van der Waals surface area (Å²) in [4.78, 5) is 4.00. The molecule has 1 aromatic heterocycles. The molecule has 1 heterocycles. The maximum atomic E-state index is 9.23. The van der Waals surface area contributed by atoms with Gasteiger partial charge in [0.15, 0.2) is 6.23 Å². The van der Waals surface area contributed by atoms with Crippen molar-refractivity contribution >= 4 is 0 Å². The second kappa shape index (κ2) is 7.12. The molecule has 0 aliphatic rings. The molecule has 2 N–H and O–H groups in total. The van der Waals surface area contributed by atoms with E-state index in [2.05, 4.69) is 4.98 Å². The molecule has 0 fully saturated rings. The Morgan fingerprint density at radius 3 is 2.67 bits per heavy atom. The van der Waals surface area contributed by atoms with Crippen molar-refractivity contribution in [1.29, 1.82) is 0 Å². The number of hydrogen-bond donors (Lipinski definition) is 2. The molecule has 7 heteroatoms. The molecule has 0 saturated carbocycles. The van der Waals surface area contributed by atoms with Crippen molar-refractivity contribution in [3.05, 3.63) is 18.0 Å². The number of nitrogens with zero attached hydrogens (tertiary/aromatic N) is 2. The minimum atomic E-state index is -0.575. The quantitative estimate of drug-likeness (QED) is 0.536. The molecular weight excluding hydrogens is 240 g/mol. The smallest absolute Gasteiger partial charge is 0.165 e. The van der Waals surface area contributed by atoms with Crippen molar-refractivity contribution < 1.29 is 24.5 Å². The van der Waals surface area contributed by atoms with Gasteiger partial charge in [-0.2, -0.15) is 5.06 Å². The molecule has 18 heavy (non-hydrogen) atoms. The predicted molar refractivity (Wildman–Crippen MR) is 62.6 cm³/mol. The van der Waals surface area contributed by atoms with Crippen molar-refractivity contribution in [2.24, 2.45) is 0 Å². The number of hydroxylamine groups is 2. The average Bonchev–Trinajstić information content (AvgIpc) is 2.38. The Balaban J connectivity index is 2.67. The summed E-state index contributed by atoms with van der Waals surface area (Å²) >= 11 is 0. The van der Waals surface area contributed by atoms with E-state index in [0.717, 1.165) is 5.06 Å². The molecule has 0 radical (unpaired) electrons. The maximum Gasteiger partial charge on any atom is 0.165 e. The van der Waals surface area contributed by atoms with Gasteiger partial charge >= 0.3 is 0 Å². The minimum absolute atomic E-state index is 0.132. The summed E-state index contributed by atoms with van der Waals surface area (Å²) in [6.07, 6.45) is 0.895. The average molecular weight is 258 g/mol. The molecule has 1 unspecified atom stereocenters. The van der Waals surface area contributed by atoms with Crippen LogP contribution in [0.2, 0.25) is 0 Å². The van der Waals surface area contributed by atoms with Gasteiger partial charge in [0, 0.05) is 20.2 Å². The highest BCUT2D eigenvalue weighted by Crippen LogP contribution is 2.22. The molecule has 0 bridgehead atoms. The second-order valence-corrected chi connectivity index (χ2v) is 3.55. The van der Waals surface area contributed by atoms with Gasteiger partial charge in [-0.1, -0.05) is 0 Å². The van der Waals surface area contributed by atoms with Crippen molar-refractivity contribution in [2.45, 2.75) is 12.8 Å². The second-order valence-electron chi connectivity index (χ2n) is 3.55. The van der Waals surface area contributed by atoms with Gasteiger partial charge in [-0.15, -0.1) is 0 Å². The fraction of sp³-hybridized carbons (Fsp3) is 0.545. The molecule has 1 aromatic rings. The van der Waals surface area contributed by atoms with Crippen LogP contribution in [-0.2, 0) is 11.3 Å². The fourth-order valence-corrected chi connectivity index (χ4v) is 1.33. The zero-order valence-electron chi connectivity index (χ0n) is 10.7. The zero-order chi connectivity index (χ0) is 13.5. The van der Waals surface area contributed by atoms with Crippen molar-refractivity contribution in [2.75, 3.05) is 27.9 Å². The molecule has 102 valence electrons. The van der Waals surface area contributed by atoms with Gasteiger partial charge < -0.3 is 24.5 Å². The van der Waals surface area contributed by atoms with Crippen LogP contribution in [0.1, 0.15) is 5.69 Å². The first-order valence-corrected chi connectivity index (χ1v) is 5.33. The molecule has 1 atom stereocenters. The molecule has 0 aliphatic carbocycles. The number of hydrogen-bond acceptors (Lipinski definition) is 7. The summed E-state index contributed by atoms with van der Waals surface area (Å²) in [5.41, 5.74) is 0.437. The highest BCUT2D eigenvalue weighted by molar-refractivity contribution is 5.34. The van der Waals surface area contributed by atoms with E-state index in [-0.39, 0.29) is 13.2 Å². The number of methoxy groups -OCH3 is 2. The standard InChI is InChI=1S/C11H18N2O5/c1-13(15)11(17-3)7-18-8-4-10(16-2)9(6-14)12-5-8/h4-5,11,14-15H,6-7H2,1-3H3. The van der Waals surface area contributed by atoms with E-state index in [0.29, 0.717) is 17.2 Å². The van der Waals surface area contributed by atoms with Crippen LogP contribution in [0.25, 0.3) is 0 Å². The van der Waals surface area contributed by atoms with E-state index in [1.165, 1.54) is 27.5 Å². The Kier molecular flexibility index (Phi) is 5.79. The Labute approximate surface area is 105 Å². The van der Waals surface area contributed by atoms with E-state index in [4.69, 9.17) is 19.3 Å². The minimum Gasteiger partial charge on any atom is -0.495 e. The first-order valence-electron chi connectivity index (χ1n) is 5.33. The maximum absolute atomic E-state index is 9.23. The third-order valence-electron chi connectivity index (χ3n) is 2.36. The summed E-state index contributed by atoms with van der Waals surface area (Å²) in [6, 6.07) is 1.61. The Bertz CT molecular complexity index is 372. The summed E-state index contributed by atoms with van der Waals surface area (Å²) in [6.45, 7) is -0.0731. The first-order chi connectivity index (χ1) is 8.62. The van der Waals surface area contributed by atoms with E-state index in [1.807, 2.05) is 0 Å². The molecule has 7 nitrogen and oxygen atoms in total. The number of ether oxygens (including phenoxy) is 3. The molecule has 0 spiro atoms. The number of aromatic nitrogens is 1. The van der Waals surface area contributed by atoms with Gasteiger partial charge in [0.2, 0.25) is 0 Å². The number of rotatable bonds is 7. The number of aliphatic hydroxyl groups is 1. The predicted octanol–water partition coefficient (Wildman–Crippen LogP) is 0.255. The van der Waals surface area contributed by atoms with Crippen LogP contribution in [0, 0.1) is 0 Å². The molecule has 0 aromatic carbocycles. The SMILES string of the molecule is COc1cc(OCC(OC)N(C)O)cnc1CO. The lowest BCUT2D eigenvalue weighted by Crippen LogP contribution is -2.35. The normalized spacial score (nSPS) is 12.6. The summed E-state index contributed by atoms with van der Waals surface area (Å²) < 4.78 is 15.5. The molecule has 1 rings (SSSR count). The van der Waals surface area contributed by atoms with E-state index >= 15 is 0 Å². The molecule has 0 aliphatic heterocycles. The molecular formula is C11H18N2O5. The first kappa shape index (κ1) is 14.7. The number of likely N-dealkylation sites (N-methyl/N-ethyl adjacent to an activating group) is 1. The summed E-state index contributed by atoms with van der Waals surface area (Å²) in [5.74, 6) is 0.911. The molecule has 0 saturated heterocycles. The lowest BCUT2D eigenvalue weighted by molar-refractivity contribution is -0.198. The van der Waals surface area contributed by atoms with E-state index in [9.17, 15) is 5.21 Å². The molecule has 0 amide bonds. The van der Waals surface area contributed by atoms with Gasteiger partial charge in [-0.25, -0.2) is 0 Å². The highest BCUT2D eigenvalue weighted by Gasteiger charge is 2.13. The zero-order valence-corrected chi connectivity index (χ0v) is 10.7. The summed E-state index contributed by atoms with van der Waals surface area (Å²) in [7, 11) is 4.42. The van der Waals surface area contributed by atoms with Crippen LogP contribution in [0.3, 0.4) is 0 Å². The monoisotopic (exact) mass is 258 g/mol. The van der Waals surface area contributed by atoms with E-state index in [1.54, 1.807) is 6.07 Å². The van der Waals surface area contributed by atoms with Crippen molar-refractivity contribution in [3.8, 4) is 11.5 Å². The van der Waals surface area contributed by atoms with Gasteiger partial charge in [0.1, 0.15) is 23.8 Å². The van der Waals surface area contributed by atoms with Crippen molar-refractivity contribution in [3.63, 3.8) is 0 Å². The third-order valence-corrected chi connectivity index (χ3v) is 2.36.